The van der Waals surface area contributed by atoms with Gasteiger partial charge in [-0.15, -0.1) is 0 Å². The summed E-state index contributed by atoms with van der Waals surface area (Å²) in [5.74, 6) is 0.212. The molecule has 0 aliphatic carbocycles. The van der Waals surface area contributed by atoms with Crippen molar-refractivity contribution in [3.8, 4) is 28.8 Å². The van der Waals surface area contributed by atoms with Crippen molar-refractivity contribution >= 4 is 38.3 Å². The van der Waals surface area contributed by atoms with E-state index < -0.39 is 11.4 Å². The molecule has 12 heteroatoms. The van der Waals surface area contributed by atoms with Gasteiger partial charge in [-0.2, -0.15) is 0 Å². The molecule has 1 atom stereocenters. The normalized spacial score (nSPS) is 18.2. The standard InChI is InChI=1S/C33H34AsFN8O2/c1-33(2,42-15-12-37-13-16-42)18-22(19-36)32(44)41-14-6-7-23(20-41)43-31-28(30(34)38-21-39-31)29(40-43)26-11-10-25(17-27(26)35)45-24-8-4-3-5-9-24/h3-5,8-11,17-18,21,23,37H,6-7,12-16,20H2,1-2H3/t23-/m0/s1. The zero-order valence-corrected chi connectivity index (χ0v) is 27.2. The number of carbonyl (C=O) groups is 1. The zero-order valence-electron chi connectivity index (χ0n) is 25.3. The van der Waals surface area contributed by atoms with Crippen molar-refractivity contribution in [1.82, 2.24) is 34.9 Å². The Hall–Kier alpha value is -4.10. The second-order valence-corrected chi connectivity index (χ2v) is 12.7. The fourth-order valence-electron chi connectivity index (χ4n) is 6.11. The summed E-state index contributed by atoms with van der Waals surface area (Å²) in [5, 5.41) is 18.9. The van der Waals surface area contributed by atoms with Gasteiger partial charge >= 0.3 is 240 Å². The molecule has 2 aliphatic heterocycles. The first-order chi connectivity index (χ1) is 21.7. The number of rotatable bonds is 7. The van der Waals surface area contributed by atoms with E-state index in [1.54, 1.807) is 39.9 Å². The van der Waals surface area contributed by atoms with E-state index >= 15 is 4.39 Å². The summed E-state index contributed by atoms with van der Waals surface area (Å²) >= 11 is 2.41. The van der Waals surface area contributed by atoms with Crippen LogP contribution in [0.2, 0.25) is 0 Å². The van der Waals surface area contributed by atoms with Crippen molar-refractivity contribution < 1.29 is 13.9 Å². The van der Waals surface area contributed by atoms with Crippen LogP contribution < -0.4 is 14.5 Å². The average molecular weight is 669 g/mol. The molecule has 2 aliphatic rings. The summed E-state index contributed by atoms with van der Waals surface area (Å²) in [6.07, 6.45) is 4.74. The van der Waals surface area contributed by atoms with Crippen molar-refractivity contribution in [3.63, 3.8) is 0 Å². The van der Waals surface area contributed by atoms with E-state index in [4.69, 9.17) is 9.84 Å². The molecule has 2 radical (unpaired) electrons. The van der Waals surface area contributed by atoms with Gasteiger partial charge in [0.1, 0.15) is 0 Å². The Kier molecular flexibility index (Phi) is 8.99. The number of hydrogen-bond acceptors (Lipinski definition) is 8. The van der Waals surface area contributed by atoms with Gasteiger partial charge in [0, 0.05) is 26.2 Å². The Morgan fingerprint density at radius 2 is 1.91 bits per heavy atom. The maximum atomic E-state index is 15.6. The van der Waals surface area contributed by atoms with Crippen LogP contribution in [0.25, 0.3) is 22.3 Å². The van der Waals surface area contributed by atoms with E-state index in [1.165, 1.54) is 12.4 Å². The van der Waals surface area contributed by atoms with Gasteiger partial charge in [-0.3, -0.25) is 0 Å². The predicted octanol–water partition coefficient (Wildman–Crippen LogP) is 3.52. The van der Waals surface area contributed by atoms with E-state index in [1.807, 2.05) is 32.0 Å². The smallest absolute Gasteiger partial charge is 0.314 e. The Labute approximate surface area is 270 Å². The number of ether oxygens (including phenoxy) is 1. The number of halogens is 1. The molecule has 2 aromatic carbocycles. The third-order valence-electron chi connectivity index (χ3n) is 8.45. The molecule has 4 heterocycles. The van der Waals surface area contributed by atoms with Crippen LogP contribution in [0.1, 0.15) is 32.7 Å². The maximum absolute atomic E-state index is 15.6. The van der Waals surface area contributed by atoms with Crippen molar-refractivity contribution in [1.29, 1.82) is 5.26 Å². The molecule has 0 unspecified atom stereocenters. The Morgan fingerprint density at radius 1 is 1.13 bits per heavy atom. The minimum absolute atomic E-state index is 0.139. The van der Waals surface area contributed by atoms with E-state index in [-0.39, 0.29) is 17.5 Å². The predicted molar refractivity (Wildman–Crippen MR) is 170 cm³/mol. The average Bonchev–Trinajstić information content (AvgIpc) is 3.45. The van der Waals surface area contributed by atoms with Gasteiger partial charge in [-0.05, 0) is 0 Å². The fourth-order valence-corrected chi connectivity index (χ4v) is 6.65. The minimum atomic E-state index is -0.484. The second kappa shape index (κ2) is 13.1. The van der Waals surface area contributed by atoms with E-state index in [0.717, 1.165) is 39.0 Å². The molecule has 6 rings (SSSR count). The van der Waals surface area contributed by atoms with Crippen LogP contribution in [0.3, 0.4) is 0 Å². The number of para-hydroxylation sites is 1. The summed E-state index contributed by atoms with van der Waals surface area (Å²) in [6.45, 7) is 8.42. The van der Waals surface area contributed by atoms with Gasteiger partial charge in [0.05, 0.1) is 0 Å². The first-order valence-corrected chi connectivity index (χ1v) is 16.0. The molecule has 0 spiro atoms. The van der Waals surface area contributed by atoms with Crippen LogP contribution in [0.15, 0.2) is 66.5 Å². The number of fused-ring (bicyclic) bond motifs is 1. The molecule has 230 valence electrons. The summed E-state index contributed by atoms with van der Waals surface area (Å²) in [7, 11) is 0. The number of piperazine rings is 1. The van der Waals surface area contributed by atoms with E-state index in [9.17, 15) is 10.1 Å². The quantitative estimate of drug-likeness (QED) is 0.181. The molecule has 0 saturated carbocycles. The molecular weight excluding hydrogens is 634 g/mol. The molecule has 1 N–H and O–H groups in total. The van der Waals surface area contributed by atoms with Crippen molar-refractivity contribution in [2.75, 3.05) is 39.3 Å². The van der Waals surface area contributed by atoms with Gasteiger partial charge in [0.2, 0.25) is 0 Å². The Morgan fingerprint density at radius 3 is 2.64 bits per heavy atom. The third-order valence-corrected chi connectivity index (χ3v) is 9.16. The van der Waals surface area contributed by atoms with Gasteiger partial charge < -0.3 is 5.32 Å². The molecular formula is C33H34AsFN8O2. The molecule has 45 heavy (non-hydrogen) atoms. The first kappa shape index (κ1) is 30.9. The number of nitrogens with zero attached hydrogens (tertiary/aromatic N) is 7. The zero-order chi connectivity index (χ0) is 31.6. The summed E-state index contributed by atoms with van der Waals surface area (Å²) < 4.78 is 23.9. The number of carbonyl (C=O) groups excluding carboxylic acids is 1. The number of aromatic nitrogens is 4. The van der Waals surface area contributed by atoms with E-state index in [2.05, 4.69) is 43.1 Å². The number of piperidine rings is 1. The van der Waals surface area contributed by atoms with E-state index in [0.29, 0.717) is 51.4 Å². The number of hydrogen-bond donors (Lipinski definition) is 1. The summed E-state index contributed by atoms with van der Waals surface area (Å²) in [6, 6.07) is 15.9. The molecule has 2 fully saturated rings. The van der Waals surface area contributed by atoms with Gasteiger partial charge in [-0.25, -0.2) is 0 Å². The minimum Gasteiger partial charge on any atom is -0.314 e. The molecule has 2 saturated heterocycles. The van der Waals surface area contributed by atoms with Gasteiger partial charge in [-0.1, -0.05) is 0 Å². The SMILES string of the molecule is CC(C)(C=C(C#N)C(=O)N1CCC[C@H](n2nc(-c3ccc(Oc4ccccc4)cc3F)c3c([As])ncnc32)C1)N1CCNCC1. The Bertz CT molecular complexity index is 1780. The summed E-state index contributed by atoms with van der Waals surface area (Å²) in [4.78, 5) is 26.6. The molecule has 1 amide bonds. The topological polar surface area (TPSA) is 112 Å². The Balaban J connectivity index is 1.28. The van der Waals surface area contributed by atoms with Crippen LogP contribution in [-0.2, 0) is 4.79 Å². The van der Waals surface area contributed by atoms with Crippen molar-refractivity contribution in [2.45, 2.75) is 38.3 Å². The van der Waals surface area contributed by atoms with Crippen LogP contribution in [-0.4, -0.2) is 97.1 Å². The van der Waals surface area contributed by atoms with Gasteiger partial charge in [0.25, 0.3) is 0 Å². The first-order valence-electron chi connectivity index (χ1n) is 15.1. The monoisotopic (exact) mass is 668 g/mol. The molecule has 4 aromatic rings. The molecule has 10 nitrogen and oxygen atoms in total. The molecule has 2 aromatic heterocycles. The van der Waals surface area contributed by atoms with Crippen LogP contribution in [0.4, 0.5) is 4.39 Å². The summed E-state index contributed by atoms with van der Waals surface area (Å²) in [5.41, 5.74) is 0.984. The number of benzene rings is 2. The van der Waals surface area contributed by atoms with Crippen molar-refractivity contribution in [3.05, 3.63) is 72.3 Å². The number of nitrogens with one attached hydrogen (secondary N) is 1. The van der Waals surface area contributed by atoms with Crippen LogP contribution >= 0.6 is 0 Å². The number of nitriles is 1. The van der Waals surface area contributed by atoms with Gasteiger partial charge in [0.15, 0.2) is 0 Å². The number of likely N-dealkylation sites (tertiary alicyclic amines) is 1. The molecule has 0 bridgehead atoms. The fraction of sp³-hybridized carbons (Fsp3) is 0.364. The van der Waals surface area contributed by atoms with Crippen LogP contribution in [0.5, 0.6) is 11.5 Å². The van der Waals surface area contributed by atoms with Crippen molar-refractivity contribution in [2.24, 2.45) is 0 Å². The number of amides is 1. The second-order valence-electron chi connectivity index (χ2n) is 11.9. The van der Waals surface area contributed by atoms with Crippen LogP contribution in [0, 0.1) is 17.1 Å². The third kappa shape index (κ3) is 6.50.